The van der Waals surface area contributed by atoms with Gasteiger partial charge in [0.25, 0.3) is 0 Å². The quantitative estimate of drug-likeness (QED) is 0.600. The van der Waals surface area contributed by atoms with Crippen molar-refractivity contribution in [1.82, 2.24) is 4.98 Å². The third kappa shape index (κ3) is 1.56. The van der Waals surface area contributed by atoms with E-state index in [-0.39, 0.29) is 5.75 Å². The Morgan fingerprint density at radius 1 is 1.06 bits per heavy atom. The van der Waals surface area contributed by atoms with Crippen molar-refractivity contribution in [3.8, 4) is 5.75 Å². The summed E-state index contributed by atoms with van der Waals surface area (Å²) in [5.74, 6) is 0.0710. The van der Waals surface area contributed by atoms with Crippen molar-refractivity contribution < 1.29 is 5.11 Å². The van der Waals surface area contributed by atoms with Crippen LogP contribution in [0.15, 0.2) is 24.3 Å². The average molecular weight is 287 g/mol. The van der Waals surface area contributed by atoms with Gasteiger partial charge in [-0.1, -0.05) is 34.8 Å². The van der Waals surface area contributed by atoms with E-state index in [9.17, 15) is 5.11 Å². The van der Waals surface area contributed by atoms with Crippen LogP contribution in [-0.2, 0) is 0 Å². The van der Waals surface area contributed by atoms with Crippen LogP contribution >= 0.6 is 34.8 Å². The number of rotatable bonds is 0. The smallest absolute Gasteiger partial charge is 0.141 e. The van der Waals surface area contributed by atoms with Crippen LogP contribution in [0.2, 0.25) is 15.1 Å². The molecule has 0 aliphatic heterocycles. The minimum absolute atomic E-state index is 0.0710. The van der Waals surface area contributed by atoms with Gasteiger partial charge in [-0.15, -0.1) is 0 Å². The Morgan fingerprint density at radius 3 is 2.59 bits per heavy atom. The van der Waals surface area contributed by atoms with Crippen LogP contribution < -0.4 is 0 Å². The van der Waals surface area contributed by atoms with E-state index in [0.29, 0.717) is 26.0 Å². The molecule has 0 saturated carbocycles. The van der Waals surface area contributed by atoms with Crippen molar-refractivity contribution in [1.29, 1.82) is 0 Å². The van der Waals surface area contributed by atoms with E-state index in [1.807, 2.05) is 6.07 Å². The van der Waals surface area contributed by atoms with E-state index < -0.39 is 0 Å². The normalized spacial score (nSPS) is 11.5. The highest BCUT2D eigenvalue weighted by Gasteiger charge is 2.14. The highest BCUT2D eigenvalue weighted by Crippen LogP contribution is 2.41. The minimum atomic E-state index is 0.0710. The fraction of sp³-hybridized carbons (Fsp3) is 0. The predicted molar refractivity (Wildman–Crippen MR) is 72.5 cm³/mol. The molecule has 0 bridgehead atoms. The molecule has 0 amide bonds. The van der Waals surface area contributed by atoms with Crippen LogP contribution in [0.3, 0.4) is 0 Å². The molecule has 3 aromatic rings. The Kier molecular flexibility index (Phi) is 2.40. The Hall–Kier alpha value is -1.09. The standard InChI is InChI=1S/C12H6Cl3NO/c13-5-1-2-8-6(3-5)10-11(15)7(14)4-9(17)12(10)16-8/h1-4,16-17H. The number of hydrogen-bond donors (Lipinski definition) is 2. The Balaban J connectivity index is 2.63. The number of aromatic nitrogens is 1. The SMILES string of the molecule is Oc1cc(Cl)c(Cl)c2c1[nH]c1ccc(Cl)cc12. The second kappa shape index (κ2) is 3.70. The number of phenols is 1. The first kappa shape index (κ1) is 11.0. The third-order valence-electron chi connectivity index (χ3n) is 2.71. The van der Waals surface area contributed by atoms with Gasteiger partial charge in [0.05, 0.1) is 15.6 Å². The first-order chi connectivity index (χ1) is 8.08. The monoisotopic (exact) mass is 285 g/mol. The number of nitrogens with one attached hydrogen (secondary N) is 1. The van der Waals surface area contributed by atoms with Crippen LogP contribution in [0.4, 0.5) is 0 Å². The highest BCUT2D eigenvalue weighted by molar-refractivity contribution is 6.47. The first-order valence-electron chi connectivity index (χ1n) is 4.86. The van der Waals surface area contributed by atoms with Gasteiger partial charge in [0.2, 0.25) is 0 Å². The summed E-state index contributed by atoms with van der Waals surface area (Å²) in [6, 6.07) is 6.81. The summed E-state index contributed by atoms with van der Waals surface area (Å²) in [6.07, 6.45) is 0. The van der Waals surface area contributed by atoms with Gasteiger partial charge in [0, 0.05) is 27.4 Å². The maximum Gasteiger partial charge on any atom is 0.141 e. The summed E-state index contributed by atoms with van der Waals surface area (Å²) in [7, 11) is 0. The molecule has 86 valence electrons. The predicted octanol–water partition coefficient (Wildman–Crippen LogP) is 4.99. The van der Waals surface area contributed by atoms with Crippen LogP contribution in [0.1, 0.15) is 0 Å². The van der Waals surface area contributed by atoms with Crippen molar-refractivity contribution in [3.63, 3.8) is 0 Å². The molecule has 2 N–H and O–H groups in total. The zero-order valence-corrected chi connectivity index (χ0v) is 10.7. The van der Waals surface area contributed by atoms with E-state index >= 15 is 0 Å². The molecule has 0 radical (unpaired) electrons. The number of hydrogen-bond acceptors (Lipinski definition) is 1. The second-order valence-electron chi connectivity index (χ2n) is 3.76. The molecule has 0 atom stereocenters. The largest absolute Gasteiger partial charge is 0.506 e. The Morgan fingerprint density at radius 2 is 1.82 bits per heavy atom. The first-order valence-corrected chi connectivity index (χ1v) is 5.99. The number of aromatic amines is 1. The van der Waals surface area contributed by atoms with Crippen molar-refractivity contribution in [2.24, 2.45) is 0 Å². The van der Waals surface area contributed by atoms with E-state index in [4.69, 9.17) is 34.8 Å². The van der Waals surface area contributed by atoms with Crippen LogP contribution in [0.25, 0.3) is 21.8 Å². The lowest BCUT2D eigenvalue weighted by Crippen LogP contribution is -1.74. The molecule has 3 rings (SSSR count). The maximum atomic E-state index is 9.84. The summed E-state index contributed by atoms with van der Waals surface area (Å²) in [4.78, 5) is 3.09. The fourth-order valence-electron chi connectivity index (χ4n) is 1.96. The molecule has 0 saturated heterocycles. The van der Waals surface area contributed by atoms with Gasteiger partial charge in [0.1, 0.15) is 5.75 Å². The van der Waals surface area contributed by atoms with E-state index in [1.165, 1.54) is 6.07 Å². The van der Waals surface area contributed by atoms with Crippen molar-refractivity contribution in [3.05, 3.63) is 39.3 Å². The lowest BCUT2D eigenvalue weighted by molar-refractivity contribution is 0.480. The molecule has 0 fully saturated rings. The Bertz CT molecular complexity index is 748. The minimum Gasteiger partial charge on any atom is -0.506 e. The lowest BCUT2D eigenvalue weighted by Gasteiger charge is -2.01. The second-order valence-corrected chi connectivity index (χ2v) is 4.98. The third-order valence-corrected chi connectivity index (χ3v) is 3.73. The molecule has 5 heteroatoms. The van der Waals surface area contributed by atoms with Gasteiger partial charge in [-0.2, -0.15) is 0 Å². The highest BCUT2D eigenvalue weighted by atomic mass is 35.5. The molecule has 17 heavy (non-hydrogen) atoms. The van der Waals surface area contributed by atoms with Crippen LogP contribution in [0, 0.1) is 0 Å². The number of aromatic hydroxyl groups is 1. The van der Waals surface area contributed by atoms with Crippen molar-refractivity contribution in [2.45, 2.75) is 0 Å². The zero-order chi connectivity index (χ0) is 12.2. The summed E-state index contributed by atoms with van der Waals surface area (Å²) in [5.41, 5.74) is 1.42. The molecule has 1 aromatic heterocycles. The molecule has 0 unspecified atom stereocenters. The number of benzene rings is 2. The van der Waals surface area contributed by atoms with Gasteiger partial charge in [0.15, 0.2) is 0 Å². The summed E-state index contributed by atoms with van der Waals surface area (Å²) in [5, 5.41) is 12.7. The average Bonchev–Trinajstić information content (AvgIpc) is 2.65. The number of H-pyrrole nitrogens is 1. The molecular weight excluding hydrogens is 280 g/mol. The molecular formula is C12H6Cl3NO. The molecule has 2 aromatic carbocycles. The van der Waals surface area contributed by atoms with Crippen LogP contribution in [0.5, 0.6) is 5.75 Å². The Labute approximate surface area is 112 Å². The summed E-state index contributed by atoms with van der Waals surface area (Å²) >= 11 is 18.1. The maximum absolute atomic E-state index is 9.84. The van der Waals surface area contributed by atoms with Gasteiger partial charge in [-0.3, -0.25) is 0 Å². The van der Waals surface area contributed by atoms with E-state index in [1.54, 1.807) is 12.1 Å². The summed E-state index contributed by atoms with van der Waals surface area (Å²) < 4.78 is 0. The lowest BCUT2D eigenvalue weighted by atomic mass is 10.1. The molecule has 0 aliphatic rings. The molecule has 1 heterocycles. The van der Waals surface area contributed by atoms with Gasteiger partial charge < -0.3 is 10.1 Å². The van der Waals surface area contributed by atoms with Gasteiger partial charge in [-0.25, -0.2) is 0 Å². The number of phenolic OH excluding ortho intramolecular Hbond substituents is 1. The van der Waals surface area contributed by atoms with Crippen LogP contribution in [-0.4, -0.2) is 10.1 Å². The topological polar surface area (TPSA) is 36.0 Å². The van der Waals surface area contributed by atoms with Gasteiger partial charge in [-0.05, 0) is 18.2 Å². The number of fused-ring (bicyclic) bond motifs is 3. The van der Waals surface area contributed by atoms with Crippen molar-refractivity contribution >= 4 is 56.6 Å². The number of halogens is 3. The molecule has 0 spiro atoms. The van der Waals surface area contributed by atoms with Gasteiger partial charge >= 0.3 is 0 Å². The summed E-state index contributed by atoms with van der Waals surface area (Å²) in [6.45, 7) is 0. The van der Waals surface area contributed by atoms with E-state index in [2.05, 4.69) is 4.98 Å². The fourth-order valence-corrected chi connectivity index (χ4v) is 2.58. The molecule has 0 aliphatic carbocycles. The zero-order valence-electron chi connectivity index (χ0n) is 8.39. The van der Waals surface area contributed by atoms with Crippen molar-refractivity contribution in [2.75, 3.05) is 0 Å². The molecule has 2 nitrogen and oxygen atoms in total. The van der Waals surface area contributed by atoms with E-state index in [0.717, 1.165) is 10.9 Å².